The van der Waals surface area contributed by atoms with Gasteiger partial charge in [0.25, 0.3) is 0 Å². The quantitative estimate of drug-likeness (QED) is 0.903. The van der Waals surface area contributed by atoms with E-state index < -0.39 is 5.97 Å². The molecule has 0 spiro atoms. The molecule has 0 saturated carbocycles. The van der Waals surface area contributed by atoms with Crippen molar-refractivity contribution in [2.24, 2.45) is 0 Å². The fourth-order valence-corrected chi connectivity index (χ4v) is 2.82. The Bertz CT molecular complexity index is 438. The minimum Gasteiger partial charge on any atom is -0.481 e. The second-order valence-corrected chi connectivity index (χ2v) is 5.53. The average Bonchev–Trinajstić information content (AvgIpc) is 2.39. The summed E-state index contributed by atoms with van der Waals surface area (Å²) in [4.78, 5) is 12.8. The van der Waals surface area contributed by atoms with Crippen LogP contribution in [0.3, 0.4) is 0 Å². The molecule has 104 valence electrons. The van der Waals surface area contributed by atoms with Crippen LogP contribution in [0.4, 0.5) is 0 Å². The van der Waals surface area contributed by atoms with Crippen molar-refractivity contribution in [3.63, 3.8) is 0 Å². The number of nitrogens with zero attached hydrogens (tertiary/aromatic N) is 1. The number of hydrogen-bond donors (Lipinski definition) is 1. The van der Waals surface area contributed by atoms with Gasteiger partial charge < -0.3 is 9.84 Å². The van der Waals surface area contributed by atoms with E-state index in [4.69, 9.17) is 9.84 Å². The molecule has 5 heteroatoms. The normalized spacial score (nSPS) is 20.4. The van der Waals surface area contributed by atoms with E-state index in [0.717, 1.165) is 29.7 Å². The third kappa shape index (κ3) is 4.30. The fraction of sp³-hybridized carbons (Fsp3) is 0.500. The molecule has 1 fully saturated rings. The summed E-state index contributed by atoms with van der Waals surface area (Å²) < 4.78 is 6.88. The van der Waals surface area contributed by atoms with E-state index in [9.17, 15) is 4.79 Å². The summed E-state index contributed by atoms with van der Waals surface area (Å²) in [5.41, 5.74) is 1.16. The van der Waals surface area contributed by atoms with Gasteiger partial charge in [0.15, 0.2) is 0 Å². The van der Waals surface area contributed by atoms with Gasteiger partial charge in [0.05, 0.1) is 12.7 Å². The van der Waals surface area contributed by atoms with E-state index in [1.807, 2.05) is 18.2 Å². The first-order chi connectivity index (χ1) is 9.16. The van der Waals surface area contributed by atoms with Gasteiger partial charge in [0, 0.05) is 24.0 Å². The molecule has 1 aliphatic heterocycles. The Balaban J connectivity index is 1.90. The first-order valence-corrected chi connectivity index (χ1v) is 7.26. The van der Waals surface area contributed by atoms with Gasteiger partial charge in [-0.3, -0.25) is 9.69 Å². The molecule has 1 N–H and O–H groups in total. The average molecular weight is 328 g/mol. The zero-order valence-corrected chi connectivity index (χ0v) is 12.3. The van der Waals surface area contributed by atoms with Crippen molar-refractivity contribution in [1.29, 1.82) is 0 Å². The lowest BCUT2D eigenvalue weighted by Gasteiger charge is -2.33. The second-order valence-electron chi connectivity index (χ2n) is 4.68. The molecule has 1 aromatic carbocycles. The molecule has 0 aliphatic carbocycles. The highest BCUT2D eigenvalue weighted by Gasteiger charge is 2.23. The van der Waals surface area contributed by atoms with Crippen LogP contribution in [0, 0.1) is 0 Å². The summed E-state index contributed by atoms with van der Waals surface area (Å²) in [6.07, 6.45) is 0.990. The van der Waals surface area contributed by atoms with Gasteiger partial charge in [-0.1, -0.05) is 34.1 Å². The second kappa shape index (κ2) is 7.03. The summed E-state index contributed by atoms with van der Waals surface area (Å²) in [5, 5.41) is 8.66. The highest BCUT2D eigenvalue weighted by molar-refractivity contribution is 9.10. The summed E-state index contributed by atoms with van der Waals surface area (Å²) in [6.45, 7) is 3.21. The van der Waals surface area contributed by atoms with Gasteiger partial charge in [0.2, 0.25) is 0 Å². The van der Waals surface area contributed by atoms with E-state index in [2.05, 4.69) is 26.9 Å². The van der Waals surface area contributed by atoms with Crippen molar-refractivity contribution < 1.29 is 14.6 Å². The van der Waals surface area contributed by atoms with Gasteiger partial charge in [-0.05, 0) is 24.6 Å². The number of benzene rings is 1. The summed E-state index contributed by atoms with van der Waals surface area (Å²) in [5.74, 6) is -0.726. The smallest absolute Gasteiger partial charge is 0.303 e. The number of halogens is 1. The molecule has 1 aliphatic rings. The Morgan fingerprint density at radius 3 is 3.00 bits per heavy atom. The Morgan fingerprint density at radius 1 is 1.47 bits per heavy atom. The van der Waals surface area contributed by atoms with E-state index >= 15 is 0 Å². The van der Waals surface area contributed by atoms with E-state index in [0.29, 0.717) is 13.0 Å². The monoisotopic (exact) mass is 327 g/mol. The molecule has 0 aromatic heterocycles. The lowest BCUT2D eigenvalue weighted by Crippen LogP contribution is -2.39. The highest BCUT2D eigenvalue weighted by Crippen LogP contribution is 2.28. The number of ether oxygens (including phenoxy) is 1. The van der Waals surface area contributed by atoms with Gasteiger partial charge in [-0.2, -0.15) is 0 Å². The van der Waals surface area contributed by atoms with Crippen molar-refractivity contribution in [1.82, 2.24) is 4.90 Å². The van der Waals surface area contributed by atoms with Crippen LogP contribution in [-0.2, 0) is 9.53 Å². The van der Waals surface area contributed by atoms with Gasteiger partial charge in [0.1, 0.15) is 0 Å². The Labute approximate surface area is 121 Å². The van der Waals surface area contributed by atoms with Crippen LogP contribution in [0.15, 0.2) is 28.7 Å². The van der Waals surface area contributed by atoms with Crippen LogP contribution in [0.1, 0.15) is 24.5 Å². The predicted octanol–water partition coefficient (Wildman–Crippen LogP) is 2.69. The molecule has 0 amide bonds. The third-order valence-electron chi connectivity index (χ3n) is 3.27. The highest BCUT2D eigenvalue weighted by atomic mass is 79.9. The van der Waals surface area contributed by atoms with Crippen molar-refractivity contribution in [2.75, 3.05) is 26.2 Å². The third-order valence-corrected chi connectivity index (χ3v) is 3.99. The molecule has 1 heterocycles. The number of aliphatic carboxylic acids is 1. The van der Waals surface area contributed by atoms with Crippen molar-refractivity contribution in [3.8, 4) is 0 Å². The number of carbonyl (C=O) groups is 1. The lowest BCUT2D eigenvalue weighted by molar-refractivity contribution is -0.137. The Kier molecular flexibility index (Phi) is 5.36. The number of morpholine rings is 1. The molecular weight excluding hydrogens is 310 g/mol. The van der Waals surface area contributed by atoms with Crippen LogP contribution >= 0.6 is 15.9 Å². The first kappa shape index (κ1) is 14.5. The summed E-state index contributed by atoms with van der Waals surface area (Å²) in [7, 11) is 0. The van der Waals surface area contributed by atoms with Gasteiger partial charge in [-0.15, -0.1) is 0 Å². The predicted molar refractivity (Wildman–Crippen MR) is 76.1 cm³/mol. The van der Waals surface area contributed by atoms with Crippen molar-refractivity contribution in [3.05, 3.63) is 34.3 Å². The molecule has 1 atom stereocenters. The maximum absolute atomic E-state index is 10.5. The van der Waals surface area contributed by atoms with E-state index in [1.54, 1.807) is 0 Å². The van der Waals surface area contributed by atoms with Crippen molar-refractivity contribution in [2.45, 2.75) is 18.9 Å². The van der Waals surface area contributed by atoms with E-state index in [1.165, 1.54) is 0 Å². The topological polar surface area (TPSA) is 49.8 Å². The number of carboxylic acids is 1. The van der Waals surface area contributed by atoms with Crippen LogP contribution in [-0.4, -0.2) is 42.2 Å². The number of rotatable bonds is 5. The number of carboxylic acid groups (broad SMARTS) is 1. The SMILES string of the molecule is O=C(O)CCCN1CCO[C@H](c2ccccc2Br)C1. The lowest BCUT2D eigenvalue weighted by atomic mass is 10.1. The molecule has 2 rings (SSSR count). The molecule has 1 saturated heterocycles. The van der Waals surface area contributed by atoms with Crippen LogP contribution < -0.4 is 0 Å². The minimum atomic E-state index is -0.726. The molecule has 19 heavy (non-hydrogen) atoms. The molecule has 0 radical (unpaired) electrons. The Hall–Kier alpha value is -0.910. The Morgan fingerprint density at radius 2 is 2.26 bits per heavy atom. The molecular formula is C14H18BrNO3. The summed E-state index contributed by atoms with van der Waals surface area (Å²) >= 11 is 3.55. The molecule has 0 unspecified atom stereocenters. The van der Waals surface area contributed by atoms with Gasteiger partial charge >= 0.3 is 5.97 Å². The largest absolute Gasteiger partial charge is 0.481 e. The maximum Gasteiger partial charge on any atom is 0.303 e. The molecule has 1 aromatic rings. The fourth-order valence-electron chi connectivity index (χ4n) is 2.28. The van der Waals surface area contributed by atoms with Crippen molar-refractivity contribution >= 4 is 21.9 Å². The maximum atomic E-state index is 10.5. The minimum absolute atomic E-state index is 0.0640. The standard InChI is InChI=1S/C14H18BrNO3/c15-12-5-2-1-4-11(12)13-10-16(8-9-19-13)7-3-6-14(17)18/h1-2,4-5,13H,3,6-10H2,(H,17,18)/t13-/m0/s1. The van der Waals surface area contributed by atoms with E-state index in [-0.39, 0.29) is 12.5 Å². The number of hydrogen-bond acceptors (Lipinski definition) is 3. The van der Waals surface area contributed by atoms with Crippen LogP contribution in [0.2, 0.25) is 0 Å². The van der Waals surface area contributed by atoms with Crippen LogP contribution in [0.25, 0.3) is 0 Å². The van der Waals surface area contributed by atoms with Crippen LogP contribution in [0.5, 0.6) is 0 Å². The molecule has 4 nitrogen and oxygen atoms in total. The zero-order valence-electron chi connectivity index (χ0n) is 10.7. The molecule has 0 bridgehead atoms. The zero-order chi connectivity index (χ0) is 13.7. The summed E-state index contributed by atoms with van der Waals surface area (Å²) in [6, 6.07) is 8.07. The first-order valence-electron chi connectivity index (χ1n) is 6.47. The van der Waals surface area contributed by atoms with Gasteiger partial charge in [-0.25, -0.2) is 0 Å².